The Morgan fingerprint density at radius 2 is 1.72 bits per heavy atom. The average Bonchev–Trinajstić information content (AvgIpc) is 3.11. The van der Waals surface area contributed by atoms with E-state index in [9.17, 15) is 4.79 Å². The number of benzene rings is 3. The molecular formula is C25H24N2O2. The Bertz CT molecular complexity index is 1190. The molecule has 4 rings (SSSR count). The summed E-state index contributed by atoms with van der Waals surface area (Å²) in [6.45, 7) is 8.38. The van der Waals surface area contributed by atoms with Crippen LogP contribution in [0, 0.1) is 13.8 Å². The molecule has 0 saturated carbocycles. The SMILES string of the molecule is Cc1ccc(-c2nc3cc(NC(=O)c4ccc(C(C)C)cc4)ccc3o2)c(C)c1. The number of carbonyl (C=O) groups is 1. The highest BCUT2D eigenvalue weighted by Crippen LogP contribution is 2.29. The highest BCUT2D eigenvalue weighted by Gasteiger charge is 2.13. The number of carbonyl (C=O) groups excluding carboxylic acids is 1. The molecule has 0 spiro atoms. The van der Waals surface area contributed by atoms with Crippen LogP contribution in [0.2, 0.25) is 0 Å². The van der Waals surface area contributed by atoms with Gasteiger partial charge in [-0.25, -0.2) is 4.98 Å². The number of oxazole rings is 1. The predicted molar refractivity (Wildman–Crippen MR) is 117 cm³/mol. The van der Waals surface area contributed by atoms with Crippen LogP contribution >= 0.6 is 0 Å². The Hall–Kier alpha value is -3.40. The zero-order valence-electron chi connectivity index (χ0n) is 17.1. The Morgan fingerprint density at radius 1 is 0.966 bits per heavy atom. The van der Waals surface area contributed by atoms with Gasteiger partial charge in [0.25, 0.3) is 5.91 Å². The first-order chi connectivity index (χ1) is 13.9. The van der Waals surface area contributed by atoms with Crippen LogP contribution in [0.15, 0.2) is 65.1 Å². The quantitative estimate of drug-likeness (QED) is 0.438. The summed E-state index contributed by atoms with van der Waals surface area (Å²) >= 11 is 0. The second-order valence-corrected chi connectivity index (χ2v) is 7.75. The van der Waals surface area contributed by atoms with Gasteiger partial charge in [0, 0.05) is 16.8 Å². The van der Waals surface area contributed by atoms with Gasteiger partial charge in [-0.15, -0.1) is 0 Å². The molecule has 0 fully saturated rings. The second-order valence-electron chi connectivity index (χ2n) is 7.75. The number of hydrogen-bond donors (Lipinski definition) is 1. The number of anilines is 1. The second kappa shape index (κ2) is 7.55. The van der Waals surface area contributed by atoms with Gasteiger partial charge in [-0.3, -0.25) is 4.79 Å². The van der Waals surface area contributed by atoms with Gasteiger partial charge >= 0.3 is 0 Å². The van der Waals surface area contributed by atoms with Crippen molar-refractivity contribution in [1.82, 2.24) is 4.98 Å². The lowest BCUT2D eigenvalue weighted by Crippen LogP contribution is -2.11. The molecule has 0 radical (unpaired) electrons. The van der Waals surface area contributed by atoms with Crippen molar-refractivity contribution in [2.24, 2.45) is 0 Å². The van der Waals surface area contributed by atoms with Gasteiger partial charge in [-0.05, 0) is 67.3 Å². The summed E-state index contributed by atoms with van der Waals surface area (Å²) < 4.78 is 5.93. The number of nitrogens with zero attached hydrogens (tertiary/aromatic N) is 1. The molecule has 146 valence electrons. The van der Waals surface area contributed by atoms with Gasteiger partial charge in [-0.2, -0.15) is 0 Å². The Balaban J connectivity index is 1.58. The van der Waals surface area contributed by atoms with Crippen LogP contribution in [-0.2, 0) is 0 Å². The molecule has 3 aromatic carbocycles. The van der Waals surface area contributed by atoms with Gasteiger partial charge in [-0.1, -0.05) is 43.7 Å². The fraction of sp³-hybridized carbons (Fsp3) is 0.200. The number of hydrogen-bond acceptors (Lipinski definition) is 3. The average molecular weight is 384 g/mol. The van der Waals surface area contributed by atoms with E-state index in [0.717, 1.165) is 11.1 Å². The smallest absolute Gasteiger partial charge is 0.255 e. The first-order valence-corrected chi connectivity index (χ1v) is 9.80. The molecule has 1 aromatic heterocycles. The number of rotatable bonds is 4. The van der Waals surface area contributed by atoms with Crippen LogP contribution in [0.4, 0.5) is 5.69 Å². The van der Waals surface area contributed by atoms with Crippen molar-refractivity contribution in [3.63, 3.8) is 0 Å². The maximum Gasteiger partial charge on any atom is 0.255 e. The van der Waals surface area contributed by atoms with E-state index in [1.54, 1.807) is 0 Å². The monoisotopic (exact) mass is 384 g/mol. The lowest BCUT2D eigenvalue weighted by molar-refractivity contribution is 0.102. The summed E-state index contributed by atoms with van der Waals surface area (Å²) in [5.41, 5.74) is 7.24. The van der Waals surface area contributed by atoms with Gasteiger partial charge in [0.2, 0.25) is 5.89 Å². The molecule has 0 aliphatic rings. The number of fused-ring (bicyclic) bond motifs is 1. The molecule has 1 heterocycles. The molecule has 0 aliphatic heterocycles. The summed E-state index contributed by atoms with van der Waals surface area (Å²) in [5, 5.41) is 2.95. The van der Waals surface area contributed by atoms with Crippen LogP contribution in [-0.4, -0.2) is 10.9 Å². The molecule has 1 amide bonds. The number of aromatic nitrogens is 1. The fourth-order valence-corrected chi connectivity index (χ4v) is 3.40. The highest BCUT2D eigenvalue weighted by atomic mass is 16.3. The molecule has 0 bridgehead atoms. The van der Waals surface area contributed by atoms with E-state index in [1.807, 2.05) is 61.5 Å². The van der Waals surface area contributed by atoms with Crippen molar-refractivity contribution in [3.05, 3.63) is 82.9 Å². The maximum atomic E-state index is 12.6. The fourth-order valence-electron chi connectivity index (χ4n) is 3.40. The van der Waals surface area contributed by atoms with Crippen LogP contribution < -0.4 is 5.32 Å². The molecule has 4 heteroatoms. The largest absolute Gasteiger partial charge is 0.436 e. The molecule has 0 unspecified atom stereocenters. The Labute approximate surface area is 170 Å². The summed E-state index contributed by atoms with van der Waals surface area (Å²) in [6.07, 6.45) is 0. The summed E-state index contributed by atoms with van der Waals surface area (Å²) in [6, 6.07) is 19.4. The molecule has 0 aliphatic carbocycles. The topological polar surface area (TPSA) is 55.1 Å². The standard InChI is InChI=1S/C25H24N2O2/c1-15(2)18-6-8-19(9-7-18)24(28)26-20-10-12-23-22(14-20)27-25(29-23)21-11-5-16(3)13-17(21)4/h5-15H,1-4H3,(H,26,28). The lowest BCUT2D eigenvalue weighted by Gasteiger charge is -2.08. The van der Waals surface area contributed by atoms with Crippen molar-refractivity contribution >= 4 is 22.7 Å². The number of amides is 1. The van der Waals surface area contributed by atoms with E-state index in [4.69, 9.17) is 4.42 Å². The summed E-state index contributed by atoms with van der Waals surface area (Å²) in [4.78, 5) is 17.2. The molecular weight excluding hydrogens is 360 g/mol. The summed E-state index contributed by atoms with van der Waals surface area (Å²) in [5.74, 6) is 0.885. The number of aryl methyl sites for hydroxylation is 2. The zero-order chi connectivity index (χ0) is 20.5. The molecule has 0 atom stereocenters. The highest BCUT2D eigenvalue weighted by molar-refractivity contribution is 6.05. The molecule has 29 heavy (non-hydrogen) atoms. The van der Waals surface area contributed by atoms with Crippen molar-refractivity contribution in [1.29, 1.82) is 0 Å². The third-order valence-electron chi connectivity index (χ3n) is 5.10. The molecule has 4 aromatic rings. The van der Waals surface area contributed by atoms with Crippen molar-refractivity contribution in [2.45, 2.75) is 33.6 Å². The first-order valence-electron chi connectivity index (χ1n) is 9.80. The minimum atomic E-state index is -0.141. The maximum absolute atomic E-state index is 12.6. The zero-order valence-corrected chi connectivity index (χ0v) is 17.1. The number of nitrogens with one attached hydrogen (secondary N) is 1. The van der Waals surface area contributed by atoms with E-state index in [1.165, 1.54) is 11.1 Å². The van der Waals surface area contributed by atoms with Gasteiger partial charge < -0.3 is 9.73 Å². The van der Waals surface area contributed by atoms with Crippen LogP contribution in [0.5, 0.6) is 0 Å². The van der Waals surface area contributed by atoms with E-state index >= 15 is 0 Å². The molecule has 4 nitrogen and oxygen atoms in total. The van der Waals surface area contributed by atoms with Gasteiger partial charge in [0.15, 0.2) is 5.58 Å². The van der Waals surface area contributed by atoms with Gasteiger partial charge in [0.1, 0.15) is 5.52 Å². The third-order valence-corrected chi connectivity index (χ3v) is 5.10. The molecule has 0 saturated heterocycles. The van der Waals surface area contributed by atoms with Crippen molar-refractivity contribution in [3.8, 4) is 11.5 Å². The van der Waals surface area contributed by atoms with Crippen LogP contribution in [0.1, 0.15) is 46.8 Å². The van der Waals surface area contributed by atoms with E-state index in [-0.39, 0.29) is 5.91 Å². The van der Waals surface area contributed by atoms with E-state index < -0.39 is 0 Å². The minimum absolute atomic E-state index is 0.141. The lowest BCUT2D eigenvalue weighted by atomic mass is 10.0. The Kier molecular flexibility index (Phi) is 4.93. The predicted octanol–water partition coefficient (Wildman–Crippen LogP) is 6.49. The van der Waals surface area contributed by atoms with Gasteiger partial charge in [0.05, 0.1) is 0 Å². The summed E-state index contributed by atoms with van der Waals surface area (Å²) in [7, 11) is 0. The van der Waals surface area contributed by atoms with Crippen molar-refractivity contribution < 1.29 is 9.21 Å². The molecule has 1 N–H and O–H groups in total. The van der Waals surface area contributed by atoms with Crippen LogP contribution in [0.3, 0.4) is 0 Å². The first kappa shape index (κ1) is 18.9. The van der Waals surface area contributed by atoms with E-state index in [2.05, 4.69) is 37.1 Å². The Morgan fingerprint density at radius 3 is 2.41 bits per heavy atom. The third kappa shape index (κ3) is 3.92. The minimum Gasteiger partial charge on any atom is -0.436 e. The van der Waals surface area contributed by atoms with Crippen LogP contribution in [0.25, 0.3) is 22.6 Å². The van der Waals surface area contributed by atoms with E-state index in [0.29, 0.717) is 34.2 Å². The van der Waals surface area contributed by atoms with Crippen molar-refractivity contribution in [2.75, 3.05) is 5.32 Å². The normalized spacial score (nSPS) is 11.2.